The van der Waals surface area contributed by atoms with Crippen LogP contribution < -0.4 is 0 Å². The van der Waals surface area contributed by atoms with Gasteiger partial charge in [-0.1, -0.05) is 24.6 Å². The Kier molecular flexibility index (Phi) is 2.92. The van der Waals surface area contributed by atoms with E-state index in [-0.39, 0.29) is 0 Å². The largest absolute Gasteiger partial charge is 0.253 e. The molecule has 0 spiro atoms. The van der Waals surface area contributed by atoms with Crippen LogP contribution in [0.15, 0.2) is 30.5 Å². The molecule has 4 heteroatoms. The molecule has 76 valence electrons. The summed E-state index contributed by atoms with van der Waals surface area (Å²) < 4.78 is 0. The standard InChI is InChI=1S/C11H10ClN3/c1-2-8-7-10(12)15-11(14-8)9-5-3-4-6-13-9/h3-7H,2H2,1H3. The molecule has 0 aliphatic carbocycles. The molecule has 0 aromatic carbocycles. The molecule has 2 heterocycles. The van der Waals surface area contributed by atoms with Crippen LogP contribution in [0.25, 0.3) is 11.5 Å². The fourth-order valence-corrected chi connectivity index (χ4v) is 1.46. The zero-order valence-corrected chi connectivity index (χ0v) is 9.07. The second kappa shape index (κ2) is 4.36. The molecule has 0 saturated heterocycles. The predicted molar refractivity (Wildman–Crippen MR) is 59.7 cm³/mol. The van der Waals surface area contributed by atoms with Crippen LogP contribution in [0.3, 0.4) is 0 Å². The SMILES string of the molecule is CCc1cc(Cl)nc(-c2ccccn2)n1. The van der Waals surface area contributed by atoms with Crippen molar-refractivity contribution in [2.75, 3.05) is 0 Å². The minimum absolute atomic E-state index is 0.461. The van der Waals surface area contributed by atoms with Gasteiger partial charge in [0.15, 0.2) is 5.82 Å². The average molecular weight is 220 g/mol. The molecule has 2 rings (SSSR count). The maximum Gasteiger partial charge on any atom is 0.179 e. The highest BCUT2D eigenvalue weighted by Crippen LogP contribution is 2.15. The highest BCUT2D eigenvalue weighted by Gasteiger charge is 2.05. The molecule has 0 aliphatic heterocycles. The van der Waals surface area contributed by atoms with Gasteiger partial charge in [0.25, 0.3) is 0 Å². The summed E-state index contributed by atoms with van der Waals surface area (Å²) in [6, 6.07) is 7.39. The first kappa shape index (κ1) is 10.1. The second-order valence-electron chi connectivity index (χ2n) is 3.07. The van der Waals surface area contributed by atoms with Crippen molar-refractivity contribution in [1.29, 1.82) is 0 Å². The molecule has 15 heavy (non-hydrogen) atoms. The van der Waals surface area contributed by atoms with Gasteiger partial charge < -0.3 is 0 Å². The van der Waals surface area contributed by atoms with Crippen molar-refractivity contribution in [1.82, 2.24) is 15.0 Å². The summed E-state index contributed by atoms with van der Waals surface area (Å²) in [5.41, 5.74) is 1.67. The Hall–Kier alpha value is -1.48. The Morgan fingerprint density at radius 2 is 2.13 bits per heavy atom. The summed E-state index contributed by atoms with van der Waals surface area (Å²) in [7, 11) is 0. The molecule has 0 aliphatic rings. The third-order valence-electron chi connectivity index (χ3n) is 2.00. The van der Waals surface area contributed by atoms with Crippen LogP contribution in [0.5, 0.6) is 0 Å². The van der Waals surface area contributed by atoms with E-state index in [4.69, 9.17) is 11.6 Å². The normalized spacial score (nSPS) is 10.3. The topological polar surface area (TPSA) is 38.7 Å². The second-order valence-corrected chi connectivity index (χ2v) is 3.46. The van der Waals surface area contributed by atoms with Gasteiger partial charge in [0.05, 0.1) is 0 Å². The molecule has 2 aromatic heterocycles. The maximum atomic E-state index is 5.90. The lowest BCUT2D eigenvalue weighted by Gasteiger charge is -2.02. The molecule has 0 unspecified atom stereocenters. The third kappa shape index (κ3) is 2.30. The van der Waals surface area contributed by atoms with Gasteiger partial charge in [0, 0.05) is 11.9 Å². The van der Waals surface area contributed by atoms with E-state index in [1.54, 1.807) is 12.3 Å². The first-order chi connectivity index (χ1) is 7.29. The molecule has 0 radical (unpaired) electrons. The molecule has 0 atom stereocenters. The number of aromatic nitrogens is 3. The lowest BCUT2D eigenvalue weighted by molar-refractivity contribution is 0.998. The van der Waals surface area contributed by atoms with Crippen LogP contribution in [0, 0.1) is 0 Å². The Morgan fingerprint density at radius 1 is 1.27 bits per heavy atom. The van der Waals surface area contributed by atoms with Crippen molar-refractivity contribution in [3.63, 3.8) is 0 Å². The number of hydrogen-bond donors (Lipinski definition) is 0. The van der Waals surface area contributed by atoms with Crippen LogP contribution in [-0.4, -0.2) is 15.0 Å². The number of nitrogens with zero attached hydrogens (tertiary/aromatic N) is 3. The summed E-state index contributed by atoms with van der Waals surface area (Å²) in [4.78, 5) is 12.7. The molecule has 0 fully saturated rings. The van der Waals surface area contributed by atoms with Gasteiger partial charge in [-0.25, -0.2) is 9.97 Å². The molecular weight excluding hydrogens is 210 g/mol. The van der Waals surface area contributed by atoms with Crippen molar-refractivity contribution < 1.29 is 0 Å². The van der Waals surface area contributed by atoms with Crippen LogP contribution in [-0.2, 0) is 6.42 Å². The monoisotopic (exact) mass is 219 g/mol. The first-order valence-corrected chi connectivity index (χ1v) is 5.12. The Morgan fingerprint density at radius 3 is 2.80 bits per heavy atom. The van der Waals surface area contributed by atoms with E-state index in [9.17, 15) is 0 Å². The highest BCUT2D eigenvalue weighted by atomic mass is 35.5. The summed E-state index contributed by atoms with van der Waals surface area (Å²) in [6.07, 6.45) is 2.55. The predicted octanol–water partition coefficient (Wildman–Crippen LogP) is 2.75. The summed E-state index contributed by atoms with van der Waals surface area (Å²) >= 11 is 5.90. The fraction of sp³-hybridized carbons (Fsp3) is 0.182. The van der Waals surface area contributed by atoms with Gasteiger partial charge in [-0.2, -0.15) is 0 Å². The van der Waals surface area contributed by atoms with Gasteiger partial charge in [-0.3, -0.25) is 4.98 Å². The number of pyridine rings is 1. The van der Waals surface area contributed by atoms with Crippen molar-refractivity contribution in [3.05, 3.63) is 41.3 Å². The molecule has 0 N–H and O–H groups in total. The Bertz CT molecular complexity index is 457. The van der Waals surface area contributed by atoms with Gasteiger partial charge >= 0.3 is 0 Å². The van der Waals surface area contributed by atoms with Crippen molar-refractivity contribution in [2.24, 2.45) is 0 Å². The molecule has 0 saturated carbocycles. The molecule has 2 aromatic rings. The Labute approximate surface area is 93.2 Å². The van der Waals surface area contributed by atoms with Crippen LogP contribution >= 0.6 is 11.6 Å². The van der Waals surface area contributed by atoms with E-state index in [2.05, 4.69) is 15.0 Å². The van der Waals surface area contributed by atoms with Crippen molar-refractivity contribution in [3.8, 4) is 11.5 Å². The van der Waals surface area contributed by atoms with Crippen LogP contribution in [0.2, 0.25) is 5.15 Å². The van der Waals surface area contributed by atoms with E-state index >= 15 is 0 Å². The van der Waals surface area contributed by atoms with E-state index in [0.717, 1.165) is 17.8 Å². The maximum absolute atomic E-state index is 5.90. The number of rotatable bonds is 2. The lowest BCUT2D eigenvalue weighted by atomic mass is 10.3. The van der Waals surface area contributed by atoms with E-state index in [1.165, 1.54) is 0 Å². The molecule has 0 amide bonds. The van der Waals surface area contributed by atoms with Crippen molar-refractivity contribution >= 4 is 11.6 Å². The molecule has 3 nitrogen and oxygen atoms in total. The van der Waals surface area contributed by atoms with E-state index < -0.39 is 0 Å². The molecular formula is C11H10ClN3. The zero-order valence-electron chi connectivity index (χ0n) is 8.31. The van der Waals surface area contributed by atoms with Gasteiger partial charge in [0.1, 0.15) is 10.8 Å². The Balaban J connectivity index is 2.49. The van der Waals surface area contributed by atoms with Gasteiger partial charge in [-0.15, -0.1) is 0 Å². The summed E-state index contributed by atoms with van der Waals surface area (Å²) in [5.74, 6) is 0.583. The third-order valence-corrected chi connectivity index (χ3v) is 2.20. The number of hydrogen-bond acceptors (Lipinski definition) is 3. The van der Waals surface area contributed by atoms with Crippen molar-refractivity contribution in [2.45, 2.75) is 13.3 Å². The van der Waals surface area contributed by atoms with Crippen LogP contribution in [0.1, 0.15) is 12.6 Å². The number of halogens is 1. The zero-order chi connectivity index (χ0) is 10.7. The quantitative estimate of drug-likeness (QED) is 0.729. The average Bonchev–Trinajstić information content (AvgIpc) is 2.29. The smallest absolute Gasteiger partial charge is 0.179 e. The fourth-order valence-electron chi connectivity index (χ4n) is 1.25. The highest BCUT2D eigenvalue weighted by molar-refractivity contribution is 6.29. The van der Waals surface area contributed by atoms with E-state index in [0.29, 0.717) is 11.0 Å². The van der Waals surface area contributed by atoms with Gasteiger partial charge in [-0.05, 0) is 24.6 Å². The van der Waals surface area contributed by atoms with Gasteiger partial charge in [0.2, 0.25) is 0 Å². The first-order valence-electron chi connectivity index (χ1n) is 4.74. The van der Waals surface area contributed by atoms with E-state index in [1.807, 2.05) is 25.1 Å². The lowest BCUT2D eigenvalue weighted by Crippen LogP contribution is -1.96. The number of aryl methyl sites for hydroxylation is 1. The summed E-state index contributed by atoms with van der Waals surface area (Å²) in [6.45, 7) is 2.03. The minimum Gasteiger partial charge on any atom is -0.253 e. The minimum atomic E-state index is 0.461. The molecule has 0 bridgehead atoms. The van der Waals surface area contributed by atoms with Crippen LogP contribution in [0.4, 0.5) is 0 Å². The summed E-state index contributed by atoms with van der Waals surface area (Å²) in [5, 5.41) is 0.461.